The molecule has 0 aliphatic heterocycles. The van der Waals surface area contributed by atoms with Gasteiger partial charge in [-0.1, -0.05) is 6.07 Å². The van der Waals surface area contributed by atoms with E-state index in [0.717, 1.165) is 36.0 Å². The van der Waals surface area contributed by atoms with Crippen LogP contribution in [0.2, 0.25) is 0 Å². The molecule has 1 aliphatic rings. The topological polar surface area (TPSA) is 34.5 Å². The minimum absolute atomic E-state index is 0.204. The largest absolute Gasteiger partial charge is 0.496 e. The summed E-state index contributed by atoms with van der Waals surface area (Å²) in [6.45, 7) is 3.25. The van der Waals surface area contributed by atoms with E-state index in [2.05, 4.69) is 0 Å². The van der Waals surface area contributed by atoms with Crippen LogP contribution in [0.5, 0.6) is 5.75 Å². The van der Waals surface area contributed by atoms with Crippen LogP contribution >= 0.6 is 0 Å². The first kappa shape index (κ1) is 13.0. The Morgan fingerprint density at radius 1 is 1.40 bits per heavy atom. The van der Waals surface area contributed by atoms with Gasteiger partial charge in [-0.15, -0.1) is 0 Å². The van der Waals surface area contributed by atoms with Crippen LogP contribution in [0.15, 0.2) is 30.5 Å². The molecule has 3 rings (SSSR count). The van der Waals surface area contributed by atoms with Gasteiger partial charge in [-0.2, -0.15) is 0 Å². The fourth-order valence-corrected chi connectivity index (χ4v) is 2.77. The molecule has 0 atom stereocenters. The number of aromatic nitrogens is 1. The molecule has 1 heterocycles. The fraction of sp³-hybridized carbons (Fsp3) is 0.438. The average molecular weight is 272 g/mol. The van der Waals surface area contributed by atoms with Crippen molar-refractivity contribution >= 4 is 16.8 Å². The first-order valence-electron chi connectivity index (χ1n) is 7.16. The Balaban J connectivity index is 1.85. The van der Waals surface area contributed by atoms with Gasteiger partial charge < -0.3 is 14.2 Å². The summed E-state index contributed by atoms with van der Waals surface area (Å²) < 4.78 is 7.36. The lowest BCUT2D eigenvalue weighted by Crippen LogP contribution is -2.35. The molecule has 0 N–H and O–H groups in total. The molecule has 1 saturated carbocycles. The van der Waals surface area contributed by atoms with E-state index in [1.807, 2.05) is 46.9 Å². The molecule has 0 radical (unpaired) electrons. The monoisotopic (exact) mass is 272 g/mol. The predicted octanol–water partition coefficient (Wildman–Crippen LogP) is 2.66. The number of ether oxygens (including phenoxy) is 1. The zero-order valence-electron chi connectivity index (χ0n) is 12.0. The van der Waals surface area contributed by atoms with Gasteiger partial charge in [-0.05, 0) is 38.0 Å². The summed E-state index contributed by atoms with van der Waals surface area (Å²) in [5.41, 5.74) is 1.05. The first-order valence-corrected chi connectivity index (χ1v) is 7.16. The second-order valence-corrected chi connectivity index (χ2v) is 5.25. The maximum atomic E-state index is 12.4. The number of carbonyl (C=O) groups excluding carboxylic acids is 1. The second-order valence-electron chi connectivity index (χ2n) is 5.25. The van der Waals surface area contributed by atoms with Crippen molar-refractivity contribution in [3.8, 4) is 5.75 Å². The maximum absolute atomic E-state index is 12.4. The number of fused-ring (bicyclic) bond motifs is 1. The third-order valence-corrected chi connectivity index (χ3v) is 3.95. The highest BCUT2D eigenvalue weighted by atomic mass is 16.5. The van der Waals surface area contributed by atoms with E-state index in [4.69, 9.17) is 4.74 Å². The van der Waals surface area contributed by atoms with Crippen molar-refractivity contribution in [1.29, 1.82) is 0 Å². The number of methoxy groups -OCH3 is 1. The zero-order chi connectivity index (χ0) is 14.1. The van der Waals surface area contributed by atoms with Crippen molar-refractivity contribution in [1.82, 2.24) is 9.47 Å². The smallest absolute Gasteiger partial charge is 0.242 e. The molecule has 0 unspecified atom stereocenters. The van der Waals surface area contributed by atoms with Crippen LogP contribution in [0.25, 0.3) is 10.9 Å². The molecule has 0 bridgehead atoms. The zero-order valence-corrected chi connectivity index (χ0v) is 12.0. The molecule has 0 saturated heterocycles. The SMILES string of the molecule is CCN(C(=O)Cn1ccc2c(OC)cccc21)C1CC1. The van der Waals surface area contributed by atoms with Crippen LogP contribution in [-0.4, -0.2) is 35.1 Å². The lowest BCUT2D eigenvalue weighted by molar-refractivity contribution is -0.132. The number of amides is 1. The van der Waals surface area contributed by atoms with Crippen LogP contribution in [0.4, 0.5) is 0 Å². The fourth-order valence-electron chi connectivity index (χ4n) is 2.77. The number of hydrogen-bond acceptors (Lipinski definition) is 2. The van der Waals surface area contributed by atoms with Gasteiger partial charge in [0.05, 0.1) is 12.6 Å². The maximum Gasteiger partial charge on any atom is 0.242 e. The van der Waals surface area contributed by atoms with Crippen LogP contribution in [0.1, 0.15) is 19.8 Å². The third kappa shape index (κ3) is 2.26. The summed E-state index contributed by atoms with van der Waals surface area (Å²) in [6, 6.07) is 8.41. The molecule has 106 valence electrons. The van der Waals surface area contributed by atoms with Gasteiger partial charge in [0.15, 0.2) is 0 Å². The lowest BCUT2D eigenvalue weighted by atomic mass is 10.2. The molecule has 1 aliphatic carbocycles. The van der Waals surface area contributed by atoms with Crippen molar-refractivity contribution in [3.63, 3.8) is 0 Å². The number of hydrogen-bond donors (Lipinski definition) is 0. The molecule has 0 spiro atoms. The Morgan fingerprint density at radius 2 is 2.20 bits per heavy atom. The number of carbonyl (C=O) groups is 1. The van der Waals surface area contributed by atoms with E-state index in [-0.39, 0.29) is 5.91 Å². The molecule has 4 nitrogen and oxygen atoms in total. The molecule has 20 heavy (non-hydrogen) atoms. The molecular weight excluding hydrogens is 252 g/mol. The summed E-state index contributed by atoms with van der Waals surface area (Å²) in [4.78, 5) is 14.4. The summed E-state index contributed by atoms with van der Waals surface area (Å²) in [6.07, 6.45) is 4.27. The lowest BCUT2D eigenvalue weighted by Gasteiger charge is -2.20. The standard InChI is InChI=1S/C16H20N2O2/c1-3-18(12-7-8-12)16(19)11-17-10-9-13-14(17)5-4-6-15(13)20-2/h4-6,9-10,12H,3,7-8,11H2,1-2H3. The predicted molar refractivity (Wildman–Crippen MR) is 78.9 cm³/mol. The van der Waals surface area contributed by atoms with E-state index >= 15 is 0 Å². The Kier molecular flexibility index (Phi) is 3.38. The first-order chi connectivity index (χ1) is 9.74. The molecule has 1 amide bonds. The highest BCUT2D eigenvalue weighted by Crippen LogP contribution is 2.28. The highest BCUT2D eigenvalue weighted by Gasteiger charge is 2.31. The Labute approximate surface area is 118 Å². The van der Waals surface area contributed by atoms with Crippen LogP contribution in [-0.2, 0) is 11.3 Å². The van der Waals surface area contributed by atoms with Crippen LogP contribution in [0.3, 0.4) is 0 Å². The van der Waals surface area contributed by atoms with Crippen LogP contribution < -0.4 is 4.74 Å². The van der Waals surface area contributed by atoms with Gasteiger partial charge in [-0.3, -0.25) is 4.79 Å². The van der Waals surface area contributed by atoms with Gasteiger partial charge in [0.1, 0.15) is 12.3 Å². The Morgan fingerprint density at radius 3 is 2.85 bits per heavy atom. The molecule has 1 aromatic heterocycles. The van der Waals surface area contributed by atoms with Crippen molar-refractivity contribution in [2.24, 2.45) is 0 Å². The van der Waals surface area contributed by atoms with Crippen molar-refractivity contribution in [2.75, 3.05) is 13.7 Å². The van der Waals surface area contributed by atoms with Crippen LogP contribution in [0, 0.1) is 0 Å². The van der Waals surface area contributed by atoms with Crippen molar-refractivity contribution in [2.45, 2.75) is 32.4 Å². The van der Waals surface area contributed by atoms with Gasteiger partial charge in [-0.25, -0.2) is 0 Å². The van der Waals surface area contributed by atoms with Gasteiger partial charge >= 0.3 is 0 Å². The second kappa shape index (κ2) is 5.19. The summed E-state index contributed by atoms with van der Waals surface area (Å²) in [7, 11) is 1.67. The molecule has 1 fully saturated rings. The average Bonchev–Trinajstić information content (AvgIpc) is 3.21. The molecule has 4 heteroatoms. The molecule has 2 aromatic rings. The van der Waals surface area contributed by atoms with E-state index in [1.165, 1.54) is 0 Å². The minimum Gasteiger partial charge on any atom is -0.496 e. The van der Waals surface area contributed by atoms with Crippen molar-refractivity contribution < 1.29 is 9.53 Å². The van der Waals surface area contributed by atoms with E-state index in [9.17, 15) is 4.79 Å². The summed E-state index contributed by atoms with van der Waals surface area (Å²) in [5, 5.41) is 1.05. The van der Waals surface area contributed by atoms with Gasteiger partial charge in [0.25, 0.3) is 0 Å². The highest BCUT2D eigenvalue weighted by molar-refractivity contribution is 5.88. The molecular formula is C16H20N2O2. The number of nitrogens with zero attached hydrogens (tertiary/aromatic N) is 2. The quantitative estimate of drug-likeness (QED) is 0.838. The van der Waals surface area contributed by atoms with E-state index in [0.29, 0.717) is 12.6 Å². The number of benzene rings is 1. The van der Waals surface area contributed by atoms with Gasteiger partial charge in [0.2, 0.25) is 5.91 Å². The third-order valence-electron chi connectivity index (χ3n) is 3.95. The minimum atomic E-state index is 0.204. The van der Waals surface area contributed by atoms with E-state index < -0.39 is 0 Å². The molecule has 1 aromatic carbocycles. The normalized spacial score (nSPS) is 14.5. The summed E-state index contributed by atoms with van der Waals surface area (Å²) in [5.74, 6) is 1.05. The summed E-state index contributed by atoms with van der Waals surface area (Å²) >= 11 is 0. The van der Waals surface area contributed by atoms with E-state index in [1.54, 1.807) is 7.11 Å². The number of likely N-dealkylation sites (N-methyl/N-ethyl adjacent to an activating group) is 1. The number of rotatable bonds is 5. The van der Waals surface area contributed by atoms with Gasteiger partial charge in [0, 0.05) is 24.2 Å². The van der Waals surface area contributed by atoms with Crippen molar-refractivity contribution in [3.05, 3.63) is 30.5 Å². The Hall–Kier alpha value is -1.97. The Bertz CT molecular complexity index is 628.